The molecule has 3 rings (SSSR count). The van der Waals surface area contributed by atoms with Gasteiger partial charge in [0.05, 0.1) is 30.0 Å². The highest BCUT2D eigenvalue weighted by molar-refractivity contribution is 5.83. The van der Waals surface area contributed by atoms with Crippen molar-refractivity contribution in [2.75, 3.05) is 25.5 Å². The van der Waals surface area contributed by atoms with E-state index in [1.807, 2.05) is 18.3 Å². The predicted octanol–water partition coefficient (Wildman–Crippen LogP) is 1.18. The Labute approximate surface area is 105 Å². The van der Waals surface area contributed by atoms with Gasteiger partial charge >= 0.3 is 0 Å². The Hall–Kier alpha value is -1.88. The number of hydrogen-bond acceptors (Lipinski definition) is 5. The molecule has 0 amide bonds. The molecule has 1 aliphatic rings. The molecule has 3 heterocycles. The van der Waals surface area contributed by atoms with E-state index in [0.29, 0.717) is 18.3 Å². The fraction of sp³-hybridized carbons (Fsp3) is 0.385. The van der Waals surface area contributed by atoms with Crippen molar-refractivity contribution in [1.82, 2.24) is 9.97 Å². The lowest BCUT2D eigenvalue weighted by molar-refractivity contribution is 0.399. The second kappa shape index (κ2) is 4.42. The van der Waals surface area contributed by atoms with Gasteiger partial charge < -0.3 is 15.8 Å². The van der Waals surface area contributed by atoms with Crippen molar-refractivity contribution in [2.45, 2.75) is 6.42 Å². The first-order chi connectivity index (χ1) is 8.81. The molecule has 3 N–H and O–H groups in total. The zero-order valence-electron chi connectivity index (χ0n) is 10.3. The van der Waals surface area contributed by atoms with Gasteiger partial charge in [-0.2, -0.15) is 0 Å². The molecule has 1 aliphatic heterocycles. The van der Waals surface area contributed by atoms with Gasteiger partial charge in [0, 0.05) is 18.2 Å². The van der Waals surface area contributed by atoms with E-state index in [-0.39, 0.29) is 0 Å². The summed E-state index contributed by atoms with van der Waals surface area (Å²) in [4.78, 5) is 8.92. The Bertz CT molecular complexity index is 579. The maximum Gasteiger partial charge on any atom is 0.213 e. The quantitative estimate of drug-likeness (QED) is 0.830. The molecule has 2 aromatic rings. The fourth-order valence-corrected chi connectivity index (χ4v) is 2.35. The van der Waals surface area contributed by atoms with Crippen molar-refractivity contribution in [1.29, 1.82) is 0 Å². The molecule has 5 nitrogen and oxygen atoms in total. The van der Waals surface area contributed by atoms with Crippen LogP contribution in [-0.4, -0.2) is 30.2 Å². The van der Waals surface area contributed by atoms with Crippen LogP contribution in [0.15, 0.2) is 18.3 Å². The summed E-state index contributed by atoms with van der Waals surface area (Å²) in [6.07, 6.45) is 2.82. The van der Waals surface area contributed by atoms with Crippen LogP contribution in [0.3, 0.4) is 0 Å². The van der Waals surface area contributed by atoms with Crippen molar-refractivity contribution in [3.8, 4) is 5.88 Å². The Morgan fingerprint density at radius 2 is 2.39 bits per heavy atom. The van der Waals surface area contributed by atoms with Crippen LogP contribution >= 0.6 is 0 Å². The zero-order chi connectivity index (χ0) is 12.5. The number of methoxy groups -OCH3 is 1. The number of nitrogens with two attached hydrogens (primary N) is 1. The second-order valence-corrected chi connectivity index (χ2v) is 4.56. The van der Waals surface area contributed by atoms with Gasteiger partial charge in [0.2, 0.25) is 5.88 Å². The van der Waals surface area contributed by atoms with Gasteiger partial charge in [-0.1, -0.05) is 0 Å². The number of fused-ring (bicyclic) bond motifs is 3. The van der Waals surface area contributed by atoms with Crippen LogP contribution in [0.4, 0.5) is 5.69 Å². The van der Waals surface area contributed by atoms with Crippen LogP contribution in [0.1, 0.15) is 5.56 Å². The maximum atomic E-state index is 5.76. The molecule has 0 spiro atoms. The van der Waals surface area contributed by atoms with Crippen molar-refractivity contribution in [3.05, 3.63) is 23.9 Å². The average molecular weight is 244 g/mol. The van der Waals surface area contributed by atoms with Crippen LogP contribution in [-0.2, 0) is 6.42 Å². The van der Waals surface area contributed by atoms with E-state index in [1.54, 1.807) is 7.11 Å². The third kappa shape index (κ3) is 1.76. The lowest BCUT2D eigenvalue weighted by Crippen LogP contribution is -2.29. The number of rotatable bonds is 2. The van der Waals surface area contributed by atoms with Crippen molar-refractivity contribution in [3.63, 3.8) is 0 Å². The molecule has 0 radical (unpaired) electrons. The minimum atomic E-state index is 0.455. The van der Waals surface area contributed by atoms with Gasteiger partial charge in [-0.25, -0.2) is 4.98 Å². The third-order valence-corrected chi connectivity index (χ3v) is 3.41. The SMILES string of the molecule is COc1ccc2ncc3c(c2n1)CC(CN)CN3. The first-order valence-corrected chi connectivity index (χ1v) is 6.08. The van der Waals surface area contributed by atoms with Crippen molar-refractivity contribution >= 4 is 16.7 Å². The number of aromatic nitrogens is 2. The second-order valence-electron chi connectivity index (χ2n) is 4.56. The van der Waals surface area contributed by atoms with Crippen molar-refractivity contribution < 1.29 is 4.74 Å². The number of hydrogen-bond donors (Lipinski definition) is 2. The number of anilines is 1. The standard InChI is InChI=1S/C13H16N4O/c1-18-12-3-2-10-13(17-12)9-4-8(5-14)6-15-11(9)7-16-10/h2-3,7-8,15H,4-6,14H2,1H3. The highest BCUT2D eigenvalue weighted by atomic mass is 16.5. The summed E-state index contributed by atoms with van der Waals surface area (Å²) in [5.41, 5.74) is 9.83. The number of pyridine rings is 2. The average Bonchev–Trinajstić information content (AvgIpc) is 2.45. The Morgan fingerprint density at radius 3 is 3.17 bits per heavy atom. The molecule has 5 heteroatoms. The predicted molar refractivity (Wildman–Crippen MR) is 70.8 cm³/mol. The lowest BCUT2D eigenvalue weighted by Gasteiger charge is -2.25. The summed E-state index contributed by atoms with van der Waals surface area (Å²) < 4.78 is 5.18. The molecule has 0 saturated heterocycles. The summed E-state index contributed by atoms with van der Waals surface area (Å²) in [7, 11) is 1.62. The topological polar surface area (TPSA) is 73.1 Å². The smallest absolute Gasteiger partial charge is 0.213 e. The molecular formula is C13H16N4O. The van der Waals surface area contributed by atoms with Gasteiger partial charge in [0.15, 0.2) is 0 Å². The zero-order valence-corrected chi connectivity index (χ0v) is 10.3. The van der Waals surface area contributed by atoms with E-state index in [9.17, 15) is 0 Å². The van der Waals surface area contributed by atoms with E-state index in [0.717, 1.165) is 29.7 Å². The Balaban J connectivity index is 2.16. The van der Waals surface area contributed by atoms with E-state index in [4.69, 9.17) is 10.5 Å². The van der Waals surface area contributed by atoms with Crippen LogP contribution in [0.2, 0.25) is 0 Å². The molecule has 94 valence electrons. The Kier molecular flexibility index (Phi) is 2.76. The Morgan fingerprint density at radius 1 is 1.50 bits per heavy atom. The summed E-state index contributed by atoms with van der Waals surface area (Å²) in [6.45, 7) is 1.58. The molecule has 2 aromatic heterocycles. The van der Waals surface area contributed by atoms with E-state index >= 15 is 0 Å². The van der Waals surface area contributed by atoms with Gasteiger partial charge in [-0.05, 0) is 24.9 Å². The molecule has 18 heavy (non-hydrogen) atoms. The van der Waals surface area contributed by atoms with Crippen LogP contribution in [0, 0.1) is 5.92 Å². The monoisotopic (exact) mass is 244 g/mol. The minimum absolute atomic E-state index is 0.455. The van der Waals surface area contributed by atoms with Crippen LogP contribution in [0.5, 0.6) is 5.88 Å². The molecule has 0 fully saturated rings. The van der Waals surface area contributed by atoms with Crippen LogP contribution in [0.25, 0.3) is 11.0 Å². The van der Waals surface area contributed by atoms with E-state index < -0.39 is 0 Å². The number of nitrogens with zero attached hydrogens (tertiary/aromatic N) is 2. The molecule has 0 aromatic carbocycles. The van der Waals surface area contributed by atoms with Gasteiger partial charge in [0.1, 0.15) is 0 Å². The summed E-state index contributed by atoms with van der Waals surface area (Å²) in [5.74, 6) is 1.07. The van der Waals surface area contributed by atoms with Gasteiger partial charge in [-0.3, -0.25) is 4.98 Å². The molecular weight excluding hydrogens is 228 g/mol. The van der Waals surface area contributed by atoms with E-state index in [2.05, 4.69) is 15.3 Å². The largest absolute Gasteiger partial charge is 0.481 e. The maximum absolute atomic E-state index is 5.76. The van der Waals surface area contributed by atoms with E-state index in [1.165, 1.54) is 5.56 Å². The molecule has 1 atom stereocenters. The number of nitrogens with one attached hydrogen (secondary N) is 1. The van der Waals surface area contributed by atoms with Crippen LogP contribution < -0.4 is 15.8 Å². The highest BCUT2D eigenvalue weighted by Gasteiger charge is 2.20. The third-order valence-electron chi connectivity index (χ3n) is 3.41. The molecule has 0 saturated carbocycles. The summed E-state index contributed by atoms with van der Waals surface area (Å²) >= 11 is 0. The molecule has 0 aliphatic carbocycles. The lowest BCUT2D eigenvalue weighted by atomic mass is 9.94. The number of ether oxygens (including phenoxy) is 1. The minimum Gasteiger partial charge on any atom is -0.481 e. The van der Waals surface area contributed by atoms with Gasteiger partial charge in [0.25, 0.3) is 0 Å². The van der Waals surface area contributed by atoms with Gasteiger partial charge in [-0.15, -0.1) is 0 Å². The van der Waals surface area contributed by atoms with Crippen molar-refractivity contribution in [2.24, 2.45) is 11.7 Å². The molecule has 1 unspecified atom stereocenters. The first-order valence-electron chi connectivity index (χ1n) is 6.08. The fourth-order valence-electron chi connectivity index (χ4n) is 2.35. The first kappa shape index (κ1) is 11.2. The summed E-state index contributed by atoms with van der Waals surface area (Å²) in [6, 6.07) is 3.77. The normalized spacial score (nSPS) is 18.2. The highest BCUT2D eigenvalue weighted by Crippen LogP contribution is 2.30. The summed E-state index contributed by atoms with van der Waals surface area (Å²) in [5, 5.41) is 3.37. The molecule has 0 bridgehead atoms.